The summed E-state index contributed by atoms with van der Waals surface area (Å²) in [5.74, 6) is 2.48. The second-order valence-electron chi connectivity index (χ2n) is 3.65. The third-order valence-electron chi connectivity index (χ3n) is 2.45. The minimum Gasteiger partial charge on any atom is -0.258 e. The quantitative estimate of drug-likeness (QED) is 0.614. The molecule has 3 nitrogen and oxygen atoms in total. The van der Waals surface area contributed by atoms with Crippen molar-refractivity contribution in [2.45, 2.75) is 17.4 Å². The van der Waals surface area contributed by atoms with Crippen molar-refractivity contribution in [1.82, 2.24) is 0 Å². The van der Waals surface area contributed by atoms with Gasteiger partial charge < -0.3 is 0 Å². The minimum atomic E-state index is -0.353. The fraction of sp³-hybridized carbons (Fsp3) is 0.455. The average molecular weight is 255 g/mol. The maximum atomic E-state index is 10.5. The van der Waals surface area contributed by atoms with Crippen LogP contribution in [0, 0.1) is 10.1 Å². The molecule has 0 aromatic heterocycles. The van der Waals surface area contributed by atoms with E-state index in [1.165, 1.54) is 23.5 Å². The number of rotatable bonds is 3. The highest BCUT2D eigenvalue weighted by atomic mass is 32.2. The largest absolute Gasteiger partial charge is 0.269 e. The molecule has 0 bridgehead atoms. The van der Waals surface area contributed by atoms with Gasteiger partial charge in [0.25, 0.3) is 5.69 Å². The summed E-state index contributed by atoms with van der Waals surface area (Å²) in [4.78, 5) is 10.1. The monoisotopic (exact) mass is 255 g/mol. The van der Waals surface area contributed by atoms with Crippen LogP contribution in [-0.4, -0.2) is 21.0 Å². The molecule has 0 aliphatic carbocycles. The number of hydrogen-bond donors (Lipinski definition) is 0. The standard InChI is InChI=1S/C11H13NO2S2/c13-12(14)10-4-2-9(3-5-10)8-11-15-6-1-7-16-11/h2-5,11H,1,6-8H2. The first-order valence-corrected chi connectivity index (χ1v) is 7.32. The molecule has 0 spiro atoms. The highest BCUT2D eigenvalue weighted by Crippen LogP contribution is 2.33. The maximum Gasteiger partial charge on any atom is 0.269 e. The summed E-state index contributed by atoms with van der Waals surface area (Å²) in [6.45, 7) is 0. The Labute approximate surface area is 103 Å². The number of nitrogens with zero attached hydrogens (tertiary/aromatic N) is 1. The van der Waals surface area contributed by atoms with E-state index in [1.807, 2.05) is 35.7 Å². The summed E-state index contributed by atoms with van der Waals surface area (Å²) in [5, 5.41) is 10.5. The van der Waals surface area contributed by atoms with Gasteiger partial charge in [-0.25, -0.2) is 0 Å². The van der Waals surface area contributed by atoms with Crippen molar-refractivity contribution < 1.29 is 4.92 Å². The number of thioether (sulfide) groups is 2. The molecule has 0 saturated carbocycles. The van der Waals surface area contributed by atoms with E-state index in [0.717, 1.165) is 6.42 Å². The molecule has 5 heteroatoms. The first kappa shape index (κ1) is 11.8. The molecule has 0 atom stereocenters. The van der Waals surface area contributed by atoms with Crippen LogP contribution in [0.3, 0.4) is 0 Å². The molecule has 86 valence electrons. The number of nitro benzene ring substituents is 1. The molecule has 0 unspecified atom stereocenters. The van der Waals surface area contributed by atoms with E-state index in [4.69, 9.17) is 0 Å². The second kappa shape index (κ2) is 5.59. The van der Waals surface area contributed by atoms with Crippen molar-refractivity contribution in [2.75, 3.05) is 11.5 Å². The summed E-state index contributed by atoms with van der Waals surface area (Å²) < 4.78 is 0.621. The Morgan fingerprint density at radius 3 is 2.44 bits per heavy atom. The van der Waals surface area contributed by atoms with Gasteiger partial charge >= 0.3 is 0 Å². The second-order valence-corrected chi connectivity index (χ2v) is 6.57. The van der Waals surface area contributed by atoms with E-state index in [2.05, 4.69) is 0 Å². The smallest absolute Gasteiger partial charge is 0.258 e. The molecule has 1 aliphatic rings. The van der Waals surface area contributed by atoms with Crippen LogP contribution in [0.4, 0.5) is 5.69 Å². The SMILES string of the molecule is O=[N+]([O-])c1ccc(CC2SCCCS2)cc1. The molecule has 1 aromatic rings. The van der Waals surface area contributed by atoms with Crippen molar-refractivity contribution in [3.8, 4) is 0 Å². The lowest BCUT2D eigenvalue weighted by Crippen LogP contribution is -2.09. The van der Waals surface area contributed by atoms with Gasteiger partial charge in [-0.15, -0.1) is 23.5 Å². The third-order valence-corrected chi connectivity index (χ3v) is 5.39. The van der Waals surface area contributed by atoms with Crippen LogP contribution >= 0.6 is 23.5 Å². The van der Waals surface area contributed by atoms with Crippen LogP contribution in [0.15, 0.2) is 24.3 Å². The van der Waals surface area contributed by atoms with E-state index in [-0.39, 0.29) is 10.6 Å². The third kappa shape index (κ3) is 3.15. The molecule has 2 rings (SSSR count). The first-order valence-electron chi connectivity index (χ1n) is 5.22. The number of hydrogen-bond acceptors (Lipinski definition) is 4. The molecule has 1 saturated heterocycles. The lowest BCUT2D eigenvalue weighted by molar-refractivity contribution is -0.384. The summed E-state index contributed by atoms with van der Waals surface area (Å²) in [6.07, 6.45) is 2.30. The molecular formula is C11H13NO2S2. The Morgan fingerprint density at radius 1 is 1.25 bits per heavy atom. The molecule has 16 heavy (non-hydrogen) atoms. The van der Waals surface area contributed by atoms with Crippen LogP contribution in [0.25, 0.3) is 0 Å². The van der Waals surface area contributed by atoms with Gasteiger partial charge in [0.05, 0.1) is 9.51 Å². The Balaban J connectivity index is 1.96. The molecule has 0 N–H and O–H groups in total. The summed E-state index contributed by atoms with van der Waals surface area (Å²) in [5.41, 5.74) is 1.37. The van der Waals surface area contributed by atoms with Crippen LogP contribution in [-0.2, 0) is 6.42 Å². The molecular weight excluding hydrogens is 242 g/mol. The number of non-ortho nitro benzene ring substituents is 1. The van der Waals surface area contributed by atoms with Gasteiger partial charge in [-0.1, -0.05) is 12.1 Å². The predicted molar refractivity (Wildman–Crippen MR) is 70.1 cm³/mol. The number of benzene rings is 1. The molecule has 1 heterocycles. The van der Waals surface area contributed by atoms with E-state index in [1.54, 1.807) is 12.1 Å². The Kier molecular flexibility index (Phi) is 4.12. The van der Waals surface area contributed by atoms with E-state index in [0.29, 0.717) is 4.58 Å². The van der Waals surface area contributed by atoms with E-state index < -0.39 is 0 Å². The maximum absolute atomic E-state index is 10.5. The molecule has 0 amide bonds. The highest BCUT2D eigenvalue weighted by Gasteiger charge is 2.15. The summed E-state index contributed by atoms with van der Waals surface area (Å²) in [7, 11) is 0. The van der Waals surface area contributed by atoms with Gasteiger partial charge in [0.15, 0.2) is 0 Å². The van der Waals surface area contributed by atoms with Gasteiger partial charge in [-0.2, -0.15) is 0 Å². The first-order chi connectivity index (χ1) is 7.75. The topological polar surface area (TPSA) is 43.1 Å². The highest BCUT2D eigenvalue weighted by molar-refractivity contribution is 8.17. The Bertz CT molecular complexity index is 361. The fourth-order valence-electron chi connectivity index (χ4n) is 1.60. The molecule has 1 fully saturated rings. The predicted octanol–water partition coefficient (Wildman–Crippen LogP) is 3.33. The molecule has 1 aliphatic heterocycles. The van der Waals surface area contributed by atoms with Crippen LogP contribution < -0.4 is 0 Å². The van der Waals surface area contributed by atoms with Crippen molar-refractivity contribution in [2.24, 2.45) is 0 Å². The molecule has 1 aromatic carbocycles. The summed E-state index contributed by atoms with van der Waals surface area (Å²) in [6, 6.07) is 6.92. The fourth-order valence-corrected chi connectivity index (χ4v) is 4.51. The van der Waals surface area contributed by atoms with Crippen LogP contribution in [0.5, 0.6) is 0 Å². The van der Waals surface area contributed by atoms with Crippen molar-refractivity contribution >= 4 is 29.2 Å². The lowest BCUT2D eigenvalue weighted by atomic mass is 10.1. The van der Waals surface area contributed by atoms with Crippen molar-refractivity contribution in [3.63, 3.8) is 0 Å². The van der Waals surface area contributed by atoms with Crippen molar-refractivity contribution in [3.05, 3.63) is 39.9 Å². The minimum absolute atomic E-state index is 0.174. The van der Waals surface area contributed by atoms with Gasteiger partial charge in [-0.05, 0) is 29.9 Å². The zero-order valence-corrected chi connectivity index (χ0v) is 10.4. The van der Waals surface area contributed by atoms with Gasteiger partial charge in [-0.3, -0.25) is 10.1 Å². The van der Waals surface area contributed by atoms with E-state index >= 15 is 0 Å². The Morgan fingerprint density at radius 2 is 1.88 bits per heavy atom. The Hall–Kier alpha value is -0.680. The van der Waals surface area contributed by atoms with E-state index in [9.17, 15) is 10.1 Å². The normalized spacial score (nSPS) is 17.2. The average Bonchev–Trinajstić information content (AvgIpc) is 2.31. The van der Waals surface area contributed by atoms with Crippen LogP contribution in [0.2, 0.25) is 0 Å². The van der Waals surface area contributed by atoms with Gasteiger partial charge in [0.1, 0.15) is 0 Å². The summed E-state index contributed by atoms with van der Waals surface area (Å²) >= 11 is 4.00. The van der Waals surface area contributed by atoms with Gasteiger partial charge in [0.2, 0.25) is 0 Å². The van der Waals surface area contributed by atoms with Crippen LogP contribution in [0.1, 0.15) is 12.0 Å². The van der Waals surface area contributed by atoms with Crippen molar-refractivity contribution in [1.29, 1.82) is 0 Å². The van der Waals surface area contributed by atoms with Gasteiger partial charge in [0, 0.05) is 12.1 Å². The molecule has 0 radical (unpaired) electrons. The lowest BCUT2D eigenvalue weighted by Gasteiger charge is -2.20. The number of nitro groups is 1. The zero-order chi connectivity index (χ0) is 11.4. The zero-order valence-electron chi connectivity index (χ0n) is 8.80.